The lowest BCUT2D eigenvalue weighted by atomic mass is 10.1. The van der Waals surface area contributed by atoms with Crippen molar-refractivity contribution >= 4 is 11.6 Å². The number of nitrogens with one attached hydrogen (secondary N) is 1. The van der Waals surface area contributed by atoms with Gasteiger partial charge in [-0.05, 0) is 44.2 Å². The molecule has 0 radical (unpaired) electrons. The van der Waals surface area contributed by atoms with E-state index in [1.807, 2.05) is 0 Å². The zero-order chi connectivity index (χ0) is 14.7. The average molecular weight is 286 g/mol. The number of amides is 1. The standard InChI is InChI=1S/C18H26N2O/c1-14-13-16-9-4-5-10-17(16)20(14)12-6-11-19-18(21)15-7-2-3-8-15/h4-5,9-10,14-15H,2-3,6-8,11-13H2,1H3,(H,19,21). The van der Waals surface area contributed by atoms with E-state index in [4.69, 9.17) is 0 Å². The summed E-state index contributed by atoms with van der Waals surface area (Å²) in [5.41, 5.74) is 2.84. The minimum atomic E-state index is 0.280. The third-order valence-corrected chi connectivity index (χ3v) is 4.95. The van der Waals surface area contributed by atoms with E-state index in [0.29, 0.717) is 6.04 Å². The molecule has 1 N–H and O–H groups in total. The number of carbonyl (C=O) groups excluding carboxylic acids is 1. The first-order valence-electron chi connectivity index (χ1n) is 8.38. The first-order chi connectivity index (χ1) is 10.3. The first kappa shape index (κ1) is 14.4. The third-order valence-electron chi connectivity index (χ3n) is 4.95. The maximum absolute atomic E-state index is 12.0. The highest BCUT2D eigenvalue weighted by molar-refractivity contribution is 5.78. The minimum absolute atomic E-state index is 0.280. The van der Waals surface area contributed by atoms with E-state index >= 15 is 0 Å². The van der Waals surface area contributed by atoms with Crippen LogP contribution in [0.25, 0.3) is 0 Å². The quantitative estimate of drug-likeness (QED) is 0.843. The van der Waals surface area contributed by atoms with Gasteiger partial charge in [0.25, 0.3) is 0 Å². The number of hydrogen-bond acceptors (Lipinski definition) is 2. The highest BCUT2D eigenvalue weighted by atomic mass is 16.1. The molecule has 0 spiro atoms. The van der Waals surface area contributed by atoms with E-state index < -0.39 is 0 Å². The van der Waals surface area contributed by atoms with E-state index in [-0.39, 0.29) is 11.8 Å². The summed E-state index contributed by atoms with van der Waals surface area (Å²) >= 11 is 0. The Labute approximate surface area is 127 Å². The van der Waals surface area contributed by atoms with E-state index in [1.165, 1.54) is 24.1 Å². The second-order valence-electron chi connectivity index (χ2n) is 6.50. The molecule has 1 saturated carbocycles. The minimum Gasteiger partial charge on any atom is -0.368 e. The summed E-state index contributed by atoms with van der Waals surface area (Å²) in [7, 11) is 0. The zero-order valence-corrected chi connectivity index (χ0v) is 13.0. The molecule has 1 aromatic rings. The third kappa shape index (κ3) is 3.22. The van der Waals surface area contributed by atoms with Crippen molar-refractivity contribution in [2.75, 3.05) is 18.0 Å². The Morgan fingerprint density at radius 2 is 2.05 bits per heavy atom. The Bertz CT molecular complexity index is 494. The van der Waals surface area contributed by atoms with Crippen molar-refractivity contribution in [3.8, 4) is 0 Å². The summed E-state index contributed by atoms with van der Waals surface area (Å²) in [6.07, 6.45) is 6.78. The summed E-state index contributed by atoms with van der Waals surface area (Å²) in [5, 5.41) is 3.12. The van der Waals surface area contributed by atoms with Crippen LogP contribution < -0.4 is 10.2 Å². The SMILES string of the molecule is CC1Cc2ccccc2N1CCCNC(=O)C1CCCC1. The fourth-order valence-corrected chi connectivity index (χ4v) is 3.76. The highest BCUT2D eigenvalue weighted by Crippen LogP contribution is 2.31. The molecule has 1 aromatic carbocycles. The molecule has 0 saturated heterocycles. The van der Waals surface area contributed by atoms with Gasteiger partial charge in [-0.1, -0.05) is 31.0 Å². The van der Waals surface area contributed by atoms with Crippen molar-refractivity contribution in [2.24, 2.45) is 5.92 Å². The van der Waals surface area contributed by atoms with Gasteiger partial charge in [0.2, 0.25) is 5.91 Å². The van der Waals surface area contributed by atoms with Crippen LogP contribution in [0.3, 0.4) is 0 Å². The molecular weight excluding hydrogens is 260 g/mol. The second kappa shape index (κ2) is 6.50. The molecule has 21 heavy (non-hydrogen) atoms. The molecule has 3 nitrogen and oxygen atoms in total. The molecule has 114 valence electrons. The lowest BCUT2D eigenvalue weighted by Gasteiger charge is -2.25. The van der Waals surface area contributed by atoms with Gasteiger partial charge in [0.1, 0.15) is 0 Å². The lowest BCUT2D eigenvalue weighted by molar-refractivity contribution is -0.124. The van der Waals surface area contributed by atoms with Gasteiger partial charge in [0, 0.05) is 30.7 Å². The predicted octanol–water partition coefficient (Wildman–Crippen LogP) is 3.13. The van der Waals surface area contributed by atoms with E-state index in [9.17, 15) is 4.79 Å². The molecule has 1 aliphatic carbocycles. The monoisotopic (exact) mass is 286 g/mol. The predicted molar refractivity (Wildman–Crippen MR) is 86.5 cm³/mol. The van der Waals surface area contributed by atoms with Gasteiger partial charge in [-0.25, -0.2) is 0 Å². The topological polar surface area (TPSA) is 32.3 Å². The number of anilines is 1. The van der Waals surface area contributed by atoms with Crippen molar-refractivity contribution in [3.63, 3.8) is 0 Å². The number of rotatable bonds is 5. The molecule has 1 amide bonds. The second-order valence-corrected chi connectivity index (χ2v) is 6.50. The fourth-order valence-electron chi connectivity index (χ4n) is 3.76. The highest BCUT2D eigenvalue weighted by Gasteiger charge is 2.25. The van der Waals surface area contributed by atoms with Crippen LogP contribution in [0.4, 0.5) is 5.69 Å². The fraction of sp³-hybridized carbons (Fsp3) is 0.611. The summed E-state index contributed by atoms with van der Waals surface area (Å²) in [6, 6.07) is 9.26. The number of benzene rings is 1. The Balaban J connectivity index is 1.44. The number of carbonyl (C=O) groups is 1. The maximum Gasteiger partial charge on any atom is 0.223 e. The normalized spacial score (nSPS) is 21.6. The van der Waals surface area contributed by atoms with Crippen LogP contribution in [-0.2, 0) is 11.2 Å². The number of nitrogens with zero attached hydrogens (tertiary/aromatic N) is 1. The van der Waals surface area contributed by atoms with E-state index in [2.05, 4.69) is 41.4 Å². The molecule has 1 unspecified atom stereocenters. The van der Waals surface area contributed by atoms with Crippen molar-refractivity contribution in [1.29, 1.82) is 0 Å². The molecule has 1 fully saturated rings. The lowest BCUT2D eigenvalue weighted by Crippen LogP contribution is -2.34. The molecular formula is C18H26N2O. The van der Waals surface area contributed by atoms with Crippen LogP contribution in [-0.4, -0.2) is 25.0 Å². The molecule has 1 atom stereocenters. The van der Waals surface area contributed by atoms with Gasteiger partial charge < -0.3 is 10.2 Å². The maximum atomic E-state index is 12.0. The van der Waals surface area contributed by atoms with E-state index in [1.54, 1.807) is 0 Å². The Kier molecular flexibility index (Phi) is 4.47. The Morgan fingerprint density at radius 3 is 2.86 bits per heavy atom. The van der Waals surface area contributed by atoms with Gasteiger partial charge >= 0.3 is 0 Å². The van der Waals surface area contributed by atoms with Crippen molar-refractivity contribution in [3.05, 3.63) is 29.8 Å². The summed E-state index contributed by atoms with van der Waals surface area (Å²) in [5.74, 6) is 0.568. The largest absolute Gasteiger partial charge is 0.368 e. The smallest absolute Gasteiger partial charge is 0.223 e. The van der Waals surface area contributed by atoms with Gasteiger partial charge in [0.05, 0.1) is 0 Å². The zero-order valence-electron chi connectivity index (χ0n) is 13.0. The number of para-hydroxylation sites is 1. The molecule has 1 aliphatic heterocycles. The van der Waals surface area contributed by atoms with Gasteiger partial charge in [-0.15, -0.1) is 0 Å². The van der Waals surface area contributed by atoms with Crippen LogP contribution in [0.1, 0.15) is 44.6 Å². The molecule has 0 aromatic heterocycles. The van der Waals surface area contributed by atoms with Gasteiger partial charge in [-0.3, -0.25) is 4.79 Å². The molecule has 3 heteroatoms. The van der Waals surface area contributed by atoms with Crippen molar-refractivity contribution in [2.45, 2.75) is 51.5 Å². The number of hydrogen-bond donors (Lipinski definition) is 1. The van der Waals surface area contributed by atoms with Crippen LogP contribution in [0.15, 0.2) is 24.3 Å². The van der Waals surface area contributed by atoms with Crippen molar-refractivity contribution < 1.29 is 4.79 Å². The Hall–Kier alpha value is -1.51. The van der Waals surface area contributed by atoms with Crippen LogP contribution >= 0.6 is 0 Å². The molecule has 2 aliphatic rings. The Morgan fingerprint density at radius 1 is 1.29 bits per heavy atom. The first-order valence-corrected chi connectivity index (χ1v) is 8.38. The summed E-state index contributed by atoms with van der Waals surface area (Å²) in [4.78, 5) is 14.5. The van der Waals surface area contributed by atoms with Crippen molar-refractivity contribution in [1.82, 2.24) is 5.32 Å². The van der Waals surface area contributed by atoms with Crippen LogP contribution in [0.5, 0.6) is 0 Å². The van der Waals surface area contributed by atoms with Crippen LogP contribution in [0, 0.1) is 5.92 Å². The summed E-state index contributed by atoms with van der Waals surface area (Å²) in [6.45, 7) is 4.13. The molecule has 3 rings (SSSR count). The number of fused-ring (bicyclic) bond motifs is 1. The van der Waals surface area contributed by atoms with Crippen LogP contribution in [0.2, 0.25) is 0 Å². The molecule has 1 heterocycles. The summed E-state index contributed by atoms with van der Waals surface area (Å²) < 4.78 is 0. The van der Waals surface area contributed by atoms with E-state index in [0.717, 1.165) is 38.8 Å². The van der Waals surface area contributed by atoms with Gasteiger partial charge in [0.15, 0.2) is 0 Å². The average Bonchev–Trinajstić information content (AvgIpc) is 3.11. The molecule has 0 bridgehead atoms. The van der Waals surface area contributed by atoms with Gasteiger partial charge in [-0.2, -0.15) is 0 Å².